The molecule has 0 saturated heterocycles. The summed E-state index contributed by atoms with van der Waals surface area (Å²) < 4.78 is 13.5. The molecule has 2 nitrogen and oxygen atoms in total. The van der Waals surface area contributed by atoms with Gasteiger partial charge in [-0.25, -0.2) is 4.39 Å². The number of halogens is 1. The Labute approximate surface area is 126 Å². The van der Waals surface area contributed by atoms with Crippen molar-refractivity contribution >= 4 is 0 Å². The minimum atomic E-state index is -0.179. The number of nitrogens with one attached hydrogen (secondary N) is 1. The third-order valence-corrected chi connectivity index (χ3v) is 3.64. The smallest absolute Gasteiger partial charge is 0.123 e. The molecule has 0 bridgehead atoms. The van der Waals surface area contributed by atoms with Crippen LogP contribution in [0.5, 0.6) is 0 Å². The summed E-state index contributed by atoms with van der Waals surface area (Å²) in [5, 5.41) is 3.52. The number of rotatable bonds is 6. The molecule has 21 heavy (non-hydrogen) atoms. The first-order valence-electron chi connectivity index (χ1n) is 7.52. The highest BCUT2D eigenvalue weighted by Crippen LogP contribution is 2.20. The molecule has 1 aromatic heterocycles. The van der Waals surface area contributed by atoms with Gasteiger partial charge < -0.3 is 5.32 Å². The Bertz CT molecular complexity index is 596. The fraction of sp³-hybridized carbons (Fsp3) is 0.389. The van der Waals surface area contributed by atoms with Crippen molar-refractivity contribution in [2.24, 2.45) is 0 Å². The Hall–Kier alpha value is -1.74. The summed E-state index contributed by atoms with van der Waals surface area (Å²) in [5.41, 5.74) is 4.18. The van der Waals surface area contributed by atoms with Crippen LogP contribution in [0.15, 0.2) is 36.4 Å². The molecule has 1 aromatic carbocycles. The number of aryl methyl sites for hydroxylation is 2. The van der Waals surface area contributed by atoms with Gasteiger partial charge in [-0.15, -0.1) is 0 Å². The molecule has 1 atom stereocenters. The molecule has 0 fully saturated rings. The zero-order valence-electron chi connectivity index (χ0n) is 13.0. The van der Waals surface area contributed by atoms with Crippen LogP contribution in [0, 0.1) is 19.7 Å². The molecule has 2 rings (SSSR count). The van der Waals surface area contributed by atoms with Crippen LogP contribution in [0.1, 0.15) is 41.9 Å². The van der Waals surface area contributed by atoms with E-state index in [1.807, 2.05) is 38.1 Å². The van der Waals surface area contributed by atoms with Gasteiger partial charge in [0, 0.05) is 5.69 Å². The van der Waals surface area contributed by atoms with E-state index in [0.717, 1.165) is 41.9 Å². The summed E-state index contributed by atoms with van der Waals surface area (Å²) in [6.45, 7) is 7.08. The van der Waals surface area contributed by atoms with E-state index in [9.17, 15) is 4.39 Å². The van der Waals surface area contributed by atoms with Crippen LogP contribution in [-0.4, -0.2) is 11.5 Å². The molecule has 0 aliphatic rings. The molecule has 0 saturated carbocycles. The summed E-state index contributed by atoms with van der Waals surface area (Å²) in [5.74, 6) is -0.179. The van der Waals surface area contributed by atoms with Crippen LogP contribution in [0.2, 0.25) is 0 Å². The molecule has 0 aliphatic heterocycles. The van der Waals surface area contributed by atoms with Crippen molar-refractivity contribution in [2.75, 3.05) is 6.54 Å². The second kappa shape index (κ2) is 7.32. The van der Waals surface area contributed by atoms with Crippen molar-refractivity contribution in [3.63, 3.8) is 0 Å². The Kier molecular flexibility index (Phi) is 5.45. The Balaban J connectivity index is 2.25. The number of benzene rings is 1. The lowest BCUT2D eigenvalue weighted by Gasteiger charge is -2.19. The molecule has 112 valence electrons. The minimum Gasteiger partial charge on any atom is -0.308 e. The third-order valence-electron chi connectivity index (χ3n) is 3.64. The fourth-order valence-corrected chi connectivity index (χ4v) is 2.44. The van der Waals surface area contributed by atoms with Crippen LogP contribution in [-0.2, 0) is 6.42 Å². The maximum atomic E-state index is 13.5. The van der Waals surface area contributed by atoms with Gasteiger partial charge in [0.2, 0.25) is 0 Å². The third kappa shape index (κ3) is 4.36. The van der Waals surface area contributed by atoms with Crippen molar-refractivity contribution in [1.82, 2.24) is 10.3 Å². The maximum Gasteiger partial charge on any atom is 0.123 e. The number of aromatic nitrogens is 1. The van der Waals surface area contributed by atoms with Gasteiger partial charge >= 0.3 is 0 Å². The molecule has 0 spiro atoms. The molecule has 3 heteroatoms. The van der Waals surface area contributed by atoms with Gasteiger partial charge in [-0.2, -0.15) is 0 Å². The van der Waals surface area contributed by atoms with Gasteiger partial charge in [-0.1, -0.05) is 19.1 Å². The second-order valence-corrected chi connectivity index (χ2v) is 5.49. The summed E-state index contributed by atoms with van der Waals surface area (Å²) in [6, 6.07) is 11.2. The predicted octanol–water partition coefficient (Wildman–Crippen LogP) is 4.12. The van der Waals surface area contributed by atoms with Gasteiger partial charge in [0.15, 0.2) is 0 Å². The summed E-state index contributed by atoms with van der Waals surface area (Å²) >= 11 is 0. The SMILES string of the molecule is CCCNC(Cc1cc(F)ccc1C)c1cccc(C)n1. The molecule has 2 aromatic rings. The fourth-order valence-electron chi connectivity index (χ4n) is 2.44. The predicted molar refractivity (Wildman–Crippen MR) is 84.8 cm³/mol. The molecule has 0 radical (unpaired) electrons. The monoisotopic (exact) mass is 286 g/mol. The van der Waals surface area contributed by atoms with Gasteiger partial charge in [0.25, 0.3) is 0 Å². The first-order valence-corrected chi connectivity index (χ1v) is 7.52. The maximum absolute atomic E-state index is 13.5. The highest BCUT2D eigenvalue weighted by Gasteiger charge is 2.14. The largest absolute Gasteiger partial charge is 0.308 e. The van der Waals surface area contributed by atoms with Crippen molar-refractivity contribution in [3.05, 3.63) is 64.7 Å². The van der Waals surface area contributed by atoms with Crippen molar-refractivity contribution in [2.45, 2.75) is 39.7 Å². The van der Waals surface area contributed by atoms with E-state index in [-0.39, 0.29) is 11.9 Å². The zero-order valence-corrected chi connectivity index (χ0v) is 13.0. The highest BCUT2D eigenvalue weighted by molar-refractivity contribution is 5.29. The normalized spacial score (nSPS) is 12.4. The topological polar surface area (TPSA) is 24.9 Å². The molecule has 0 amide bonds. The van der Waals surface area contributed by atoms with E-state index >= 15 is 0 Å². The molecular formula is C18H23FN2. The molecule has 1 heterocycles. The van der Waals surface area contributed by atoms with Crippen molar-refractivity contribution < 1.29 is 4.39 Å². The van der Waals surface area contributed by atoms with E-state index in [2.05, 4.69) is 17.2 Å². The minimum absolute atomic E-state index is 0.116. The van der Waals surface area contributed by atoms with Gasteiger partial charge in [0.1, 0.15) is 5.82 Å². The number of hydrogen-bond donors (Lipinski definition) is 1. The molecule has 0 aliphatic carbocycles. The number of hydrogen-bond acceptors (Lipinski definition) is 2. The lowest BCUT2D eigenvalue weighted by Crippen LogP contribution is -2.25. The average Bonchev–Trinajstić information content (AvgIpc) is 2.47. The average molecular weight is 286 g/mol. The first kappa shape index (κ1) is 15.6. The van der Waals surface area contributed by atoms with E-state index in [1.54, 1.807) is 6.07 Å². The van der Waals surface area contributed by atoms with Gasteiger partial charge in [0.05, 0.1) is 11.7 Å². The van der Waals surface area contributed by atoms with Crippen molar-refractivity contribution in [1.29, 1.82) is 0 Å². The molecule has 1 unspecified atom stereocenters. The first-order chi connectivity index (χ1) is 10.1. The van der Waals surface area contributed by atoms with Crippen LogP contribution in [0.25, 0.3) is 0 Å². The standard InChI is InChI=1S/C18H23FN2/c1-4-10-20-18(17-7-5-6-14(3)21-17)12-15-11-16(19)9-8-13(15)2/h5-9,11,18,20H,4,10,12H2,1-3H3. The van der Waals surface area contributed by atoms with Crippen LogP contribution in [0.3, 0.4) is 0 Å². The van der Waals surface area contributed by atoms with Crippen LogP contribution < -0.4 is 5.32 Å². The molecule has 1 N–H and O–H groups in total. The summed E-state index contributed by atoms with van der Waals surface area (Å²) in [7, 11) is 0. The van der Waals surface area contributed by atoms with E-state index in [1.165, 1.54) is 6.07 Å². The Morgan fingerprint density at radius 3 is 2.71 bits per heavy atom. The van der Waals surface area contributed by atoms with Crippen LogP contribution >= 0.6 is 0 Å². The quantitative estimate of drug-likeness (QED) is 0.864. The van der Waals surface area contributed by atoms with Crippen LogP contribution in [0.4, 0.5) is 4.39 Å². The van der Waals surface area contributed by atoms with Crippen molar-refractivity contribution in [3.8, 4) is 0 Å². The second-order valence-electron chi connectivity index (χ2n) is 5.49. The van der Waals surface area contributed by atoms with Gasteiger partial charge in [-0.3, -0.25) is 4.98 Å². The summed E-state index contributed by atoms with van der Waals surface area (Å²) in [4.78, 5) is 4.62. The van der Waals surface area contributed by atoms with E-state index in [4.69, 9.17) is 0 Å². The lowest BCUT2D eigenvalue weighted by atomic mass is 9.98. The molecular weight excluding hydrogens is 263 g/mol. The summed E-state index contributed by atoms with van der Waals surface area (Å²) in [6.07, 6.45) is 1.81. The number of pyridine rings is 1. The zero-order chi connectivity index (χ0) is 15.2. The Morgan fingerprint density at radius 2 is 2.00 bits per heavy atom. The van der Waals surface area contributed by atoms with E-state index < -0.39 is 0 Å². The van der Waals surface area contributed by atoms with Gasteiger partial charge in [-0.05, 0) is 68.6 Å². The Morgan fingerprint density at radius 1 is 1.19 bits per heavy atom. The lowest BCUT2D eigenvalue weighted by molar-refractivity contribution is 0.514. The highest BCUT2D eigenvalue weighted by atomic mass is 19.1. The number of nitrogens with zero attached hydrogens (tertiary/aromatic N) is 1. The van der Waals surface area contributed by atoms with E-state index in [0.29, 0.717) is 0 Å².